The van der Waals surface area contributed by atoms with Crippen molar-refractivity contribution < 1.29 is 4.74 Å². The summed E-state index contributed by atoms with van der Waals surface area (Å²) in [5.41, 5.74) is 4.32. The highest BCUT2D eigenvalue weighted by Crippen LogP contribution is 2.35. The van der Waals surface area contributed by atoms with E-state index in [4.69, 9.17) is 9.84 Å². The number of rotatable bonds is 2. The summed E-state index contributed by atoms with van der Waals surface area (Å²) in [7, 11) is 0. The first-order valence-corrected chi connectivity index (χ1v) is 8.90. The average molecular weight is 314 g/mol. The fourth-order valence-electron chi connectivity index (χ4n) is 3.89. The van der Waals surface area contributed by atoms with E-state index in [0.717, 1.165) is 42.6 Å². The van der Waals surface area contributed by atoms with Gasteiger partial charge in [-0.05, 0) is 31.7 Å². The maximum Gasteiger partial charge on any atom is 0.155 e. The molecule has 0 amide bonds. The first-order chi connectivity index (χ1) is 11.2. The highest BCUT2D eigenvalue weighted by Gasteiger charge is 2.25. The first kappa shape index (κ1) is 15.1. The number of fused-ring (bicyclic) bond motifs is 1. The molecule has 5 heteroatoms. The Morgan fingerprint density at radius 2 is 2.04 bits per heavy atom. The minimum absolute atomic E-state index is 0.0621. The molecular formula is C18H26N4O. The minimum Gasteiger partial charge on any atom is -0.369 e. The van der Waals surface area contributed by atoms with Crippen LogP contribution in [0.15, 0.2) is 12.1 Å². The number of aromatic nitrogens is 3. The number of hydrogen-bond donors (Lipinski definition) is 1. The van der Waals surface area contributed by atoms with Crippen molar-refractivity contribution in [3.63, 3.8) is 0 Å². The molecule has 0 bridgehead atoms. The van der Waals surface area contributed by atoms with Crippen LogP contribution in [0.25, 0.3) is 5.65 Å². The molecule has 2 aromatic rings. The summed E-state index contributed by atoms with van der Waals surface area (Å²) < 4.78 is 7.96. The number of ether oxygens (including phenoxy) is 1. The van der Waals surface area contributed by atoms with E-state index in [1.165, 1.54) is 31.4 Å². The molecule has 5 nitrogen and oxygen atoms in total. The Bertz CT molecular complexity index is 682. The van der Waals surface area contributed by atoms with Crippen LogP contribution in [0.4, 0.5) is 0 Å². The third-order valence-corrected chi connectivity index (χ3v) is 5.29. The van der Waals surface area contributed by atoms with Crippen LogP contribution < -0.4 is 5.32 Å². The molecule has 23 heavy (non-hydrogen) atoms. The van der Waals surface area contributed by atoms with Crippen LogP contribution in [0.3, 0.4) is 0 Å². The van der Waals surface area contributed by atoms with Gasteiger partial charge in [-0.25, -0.2) is 9.50 Å². The summed E-state index contributed by atoms with van der Waals surface area (Å²) in [6.45, 7) is 6.93. The van der Waals surface area contributed by atoms with E-state index >= 15 is 0 Å². The van der Waals surface area contributed by atoms with Gasteiger partial charge in [0.25, 0.3) is 0 Å². The zero-order valence-electron chi connectivity index (χ0n) is 14.1. The minimum atomic E-state index is 0.0621. The van der Waals surface area contributed by atoms with E-state index in [-0.39, 0.29) is 6.10 Å². The van der Waals surface area contributed by atoms with Gasteiger partial charge in [0, 0.05) is 30.8 Å². The lowest BCUT2D eigenvalue weighted by molar-refractivity contribution is 0.0236. The summed E-state index contributed by atoms with van der Waals surface area (Å²) in [5.74, 6) is 1.45. The van der Waals surface area contributed by atoms with E-state index < -0.39 is 0 Å². The van der Waals surface area contributed by atoms with Gasteiger partial charge in [-0.1, -0.05) is 19.8 Å². The number of morpholine rings is 1. The van der Waals surface area contributed by atoms with E-state index in [0.29, 0.717) is 5.92 Å². The van der Waals surface area contributed by atoms with Crippen LogP contribution in [0.1, 0.15) is 61.7 Å². The number of nitrogens with one attached hydrogen (secondary N) is 1. The predicted molar refractivity (Wildman–Crippen MR) is 89.7 cm³/mol. The normalized spacial score (nSPS) is 29.0. The Hall–Kier alpha value is -1.46. The molecule has 124 valence electrons. The standard InChI is InChI=1S/C18H26N4O/c1-12-3-5-14(6-4-12)15-10-18-20-13(2)9-16(22(18)21-15)17-11-19-7-8-23-17/h9-10,12,14,17,19H,3-8,11H2,1-2H3/t12?,14?,17-/m1/s1. The second-order valence-electron chi connectivity index (χ2n) is 7.18. The molecule has 3 heterocycles. The monoisotopic (exact) mass is 314 g/mol. The zero-order chi connectivity index (χ0) is 15.8. The molecule has 1 atom stereocenters. The lowest BCUT2D eigenvalue weighted by atomic mass is 9.81. The van der Waals surface area contributed by atoms with Gasteiger partial charge in [0.15, 0.2) is 5.65 Å². The Kier molecular flexibility index (Phi) is 4.07. The second-order valence-corrected chi connectivity index (χ2v) is 7.18. The van der Waals surface area contributed by atoms with Gasteiger partial charge >= 0.3 is 0 Å². The topological polar surface area (TPSA) is 51.5 Å². The number of nitrogens with zero attached hydrogens (tertiary/aromatic N) is 3. The molecule has 1 N–H and O–H groups in total. The molecule has 0 spiro atoms. The van der Waals surface area contributed by atoms with Crippen molar-refractivity contribution in [2.45, 2.75) is 51.6 Å². The summed E-state index contributed by atoms with van der Waals surface area (Å²) in [6.07, 6.45) is 5.19. The van der Waals surface area contributed by atoms with Crippen LogP contribution in [0, 0.1) is 12.8 Å². The van der Waals surface area contributed by atoms with Crippen molar-refractivity contribution in [2.24, 2.45) is 5.92 Å². The van der Waals surface area contributed by atoms with Crippen molar-refractivity contribution in [3.05, 3.63) is 29.2 Å². The Balaban J connectivity index is 1.69. The average Bonchev–Trinajstić information content (AvgIpc) is 2.99. The van der Waals surface area contributed by atoms with Gasteiger partial charge in [0.2, 0.25) is 0 Å². The molecule has 1 aliphatic heterocycles. The molecule has 1 saturated carbocycles. The quantitative estimate of drug-likeness (QED) is 0.926. The highest BCUT2D eigenvalue weighted by molar-refractivity contribution is 5.43. The molecule has 2 aliphatic rings. The molecular weight excluding hydrogens is 288 g/mol. The third kappa shape index (κ3) is 3.00. The van der Waals surface area contributed by atoms with E-state index in [1.807, 2.05) is 4.52 Å². The van der Waals surface area contributed by atoms with Crippen molar-refractivity contribution >= 4 is 5.65 Å². The lowest BCUT2D eigenvalue weighted by Gasteiger charge is -2.25. The molecule has 0 aromatic carbocycles. The van der Waals surface area contributed by atoms with Crippen LogP contribution in [0.2, 0.25) is 0 Å². The summed E-state index contributed by atoms with van der Waals surface area (Å²) in [4.78, 5) is 4.69. The number of aryl methyl sites for hydroxylation is 1. The predicted octanol–water partition coefficient (Wildman–Crippen LogP) is 2.99. The Labute approximate surface area is 137 Å². The van der Waals surface area contributed by atoms with Crippen molar-refractivity contribution in [1.82, 2.24) is 19.9 Å². The van der Waals surface area contributed by atoms with E-state index in [1.54, 1.807) is 0 Å². The van der Waals surface area contributed by atoms with Gasteiger partial charge in [-0.15, -0.1) is 0 Å². The molecule has 0 radical (unpaired) electrons. The fraction of sp³-hybridized carbons (Fsp3) is 0.667. The molecule has 2 aromatic heterocycles. The molecule has 1 aliphatic carbocycles. The number of hydrogen-bond acceptors (Lipinski definition) is 4. The SMILES string of the molecule is Cc1cc([C@H]2CNCCO2)n2nc(C3CCC(C)CC3)cc2n1. The van der Waals surface area contributed by atoms with Gasteiger partial charge in [-0.2, -0.15) is 5.10 Å². The Morgan fingerprint density at radius 1 is 1.22 bits per heavy atom. The van der Waals surface area contributed by atoms with Crippen LogP contribution in [0.5, 0.6) is 0 Å². The maximum atomic E-state index is 5.94. The largest absolute Gasteiger partial charge is 0.369 e. The van der Waals surface area contributed by atoms with Gasteiger partial charge in [0.05, 0.1) is 18.0 Å². The zero-order valence-corrected chi connectivity index (χ0v) is 14.1. The van der Waals surface area contributed by atoms with Crippen molar-refractivity contribution in [3.8, 4) is 0 Å². The molecule has 1 saturated heterocycles. The van der Waals surface area contributed by atoms with Crippen LogP contribution in [-0.2, 0) is 4.74 Å². The summed E-state index contributed by atoms with van der Waals surface area (Å²) in [6, 6.07) is 4.30. The van der Waals surface area contributed by atoms with Crippen molar-refractivity contribution in [2.75, 3.05) is 19.7 Å². The molecule has 2 fully saturated rings. The van der Waals surface area contributed by atoms with Gasteiger partial charge in [0.1, 0.15) is 6.10 Å². The van der Waals surface area contributed by atoms with Gasteiger partial charge < -0.3 is 10.1 Å². The fourth-order valence-corrected chi connectivity index (χ4v) is 3.89. The van der Waals surface area contributed by atoms with Crippen LogP contribution >= 0.6 is 0 Å². The van der Waals surface area contributed by atoms with Gasteiger partial charge in [-0.3, -0.25) is 0 Å². The molecule has 0 unspecified atom stereocenters. The summed E-state index contributed by atoms with van der Waals surface area (Å²) in [5, 5.41) is 8.33. The van der Waals surface area contributed by atoms with E-state index in [9.17, 15) is 0 Å². The maximum absolute atomic E-state index is 5.94. The first-order valence-electron chi connectivity index (χ1n) is 8.90. The van der Waals surface area contributed by atoms with Crippen molar-refractivity contribution in [1.29, 1.82) is 0 Å². The Morgan fingerprint density at radius 3 is 2.78 bits per heavy atom. The summed E-state index contributed by atoms with van der Waals surface area (Å²) >= 11 is 0. The third-order valence-electron chi connectivity index (χ3n) is 5.29. The lowest BCUT2D eigenvalue weighted by Crippen LogP contribution is -2.34. The van der Waals surface area contributed by atoms with Crippen LogP contribution in [-0.4, -0.2) is 34.3 Å². The smallest absolute Gasteiger partial charge is 0.155 e. The highest BCUT2D eigenvalue weighted by atomic mass is 16.5. The molecule has 4 rings (SSSR count). The van der Waals surface area contributed by atoms with E-state index in [2.05, 4.69) is 36.3 Å². The second kappa shape index (κ2) is 6.21.